The molecule has 0 N–H and O–H groups in total. The minimum absolute atomic E-state index is 0.335. The van der Waals surface area contributed by atoms with Gasteiger partial charge in [-0.1, -0.05) is 33.6 Å². The van der Waals surface area contributed by atoms with Gasteiger partial charge in [0.25, 0.3) is 0 Å². The standard InChI is InChI=1S/C10H11BrO/c1-7-2-3-10-8(4-7)5-9(6-11)12-10/h2-4,9H,5-6H2,1H3/t9-/m1/s1. The number of alkyl halides is 1. The van der Waals surface area contributed by atoms with Crippen LogP contribution in [0.2, 0.25) is 0 Å². The highest BCUT2D eigenvalue weighted by molar-refractivity contribution is 9.09. The molecular formula is C10H11BrO. The molecule has 1 nitrogen and oxygen atoms in total. The Kier molecular flexibility index (Phi) is 2.09. The van der Waals surface area contributed by atoms with Crippen LogP contribution in [0.15, 0.2) is 18.2 Å². The monoisotopic (exact) mass is 226 g/mol. The highest BCUT2D eigenvalue weighted by atomic mass is 79.9. The molecule has 0 bridgehead atoms. The lowest BCUT2D eigenvalue weighted by atomic mass is 10.1. The van der Waals surface area contributed by atoms with Gasteiger partial charge in [-0.05, 0) is 18.6 Å². The number of hydrogen-bond acceptors (Lipinski definition) is 1. The first-order chi connectivity index (χ1) is 5.79. The molecule has 0 aliphatic carbocycles. The molecule has 0 amide bonds. The summed E-state index contributed by atoms with van der Waals surface area (Å²) in [6.07, 6.45) is 1.38. The summed E-state index contributed by atoms with van der Waals surface area (Å²) in [5, 5.41) is 0.917. The average molecular weight is 227 g/mol. The zero-order chi connectivity index (χ0) is 8.55. The number of benzene rings is 1. The molecular weight excluding hydrogens is 216 g/mol. The van der Waals surface area contributed by atoms with Gasteiger partial charge in [-0.2, -0.15) is 0 Å². The topological polar surface area (TPSA) is 9.23 Å². The molecule has 0 saturated heterocycles. The van der Waals surface area contributed by atoms with Crippen LogP contribution in [0.4, 0.5) is 0 Å². The van der Waals surface area contributed by atoms with Gasteiger partial charge in [0, 0.05) is 11.8 Å². The summed E-state index contributed by atoms with van der Waals surface area (Å²) in [7, 11) is 0. The molecule has 1 atom stereocenters. The molecule has 1 aromatic rings. The number of rotatable bonds is 1. The number of aryl methyl sites for hydroxylation is 1. The van der Waals surface area contributed by atoms with Gasteiger partial charge < -0.3 is 4.74 Å². The highest BCUT2D eigenvalue weighted by Crippen LogP contribution is 2.29. The van der Waals surface area contributed by atoms with Crippen molar-refractivity contribution in [3.8, 4) is 5.75 Å². The Morgan fingerprint density at radius 2 is 2.42 bits per heavy atom. The van der Waals surface area contributed by atoms with E-state index >= 15 is 0 Å². The van der Waals surface area contributed by atoms with E-state index in [-0.39, 0.29) is 0 Å². The van der Waals surface area contributed by atoms with E-state index in [0.29, 0.717) is 6.10 Å². The maximum absolute atomic E-state index is 5.66. The van der Waals surface area contributed by atoms with Crippen LogP contribution in [-0.4, -0.2) is 11.4 Å². The van der Waals surface area contributed by atoms with Gasteiger partial charge in [-0.15, -0.1) is 0 Å². The zero-order valence-corrected chi connectivity index (χ0v) is 8.60. The van der Waals surface area contributed by atoms with E-state index in [4.69, 9.17) is 4.74 Å². The molecule has 12 heavy (non-hydrogen) atoms. The Morgan fingerprint density at radius 1 is 1.58 bits per heavy atom. The van der Waals surface area contributed by atoms with Gasteiger partial charge >= 0.3 is 0 Å². The molecule has 0 radical (unpaired) electrons. The molecule has 2 heteroatoms. The molecule has 0 spiro atoms. The Labute approximate surface area is 80.9 Å². The first-order valence-electron chi connectivity index (χ1n) is 4.12. The van der Waals surface area contributed by atoms with Crippen LogP contribution in [0.3, 0.4) is 0 Å². The van der Waals surface area contributed by atoms with Crippen molar-refractivity contribution in [2.24, 2.45) is 0 Å². The van der Waals surface area contributed by atoms with Crippen LogP contribution in [0.25, 0.3) is 0 Å². The fourth-order valence-electron chi connectivity index (χ4n) is 1.54. The van der Waals surface area contributed by atoms with Crippen molar-refractivity contribution < 1.29 is 4.74 Å². The largest absolute Gasteiger partial charge is 0.489 e. The second kappa shape index (κ2) is 3.09. The Morgan fingerprint density at radius 3 is 3.17 bits per heavy atom. The molecule has 0 aromatic heterocycles. The molecule has 1 aliphatic heterocycles. The summed E-state index contributed by atoms with van der Waals surface area (Å²) < 4.78 is 5.66. The lowest BCUT2D eigenvalue weighted by Crippen LogP contribution is -2.13. The second-order valence-corrected chi connectivity index (χ2v) is 3.86. The summed E-state index contributed by atoms with van der Waals surface area (Å²) in [4.78, 5) is 0. The molecule has 64 valence electrons. The Balaban J connectivity index is 2.30. The third-order valence-electron chi connectivity index (χ3n) is 2.13. The van der Waals surface area contributed by atoms with Crippen molar-refractivity contribution >= 4 is 15.9 Å². The average Bonchev–Trinajstić information content (AvgIpc) is 2.46. The molecule has 1 aromatic carbocycles. The molecule has 0 unspecified atom stereocenters. The number of hydrogen-bond donors (Lipinski definition) is 0. The van der Waals surface area contributed by atoms with Crippen molar-refractivity contribution in [1.82, 2.24) is 0 Å². The van der Waals surface area contributed by atoms with Crippen molar-refractivity contribution in [1.29, 1.82) is 0 Å². The third-order valence-corrected chi connectivity index (χ3v) is 2.85. The van der Waals surface area contributed by atoms with Crippen molar-refractivity contribution in [3.05, 3.63) is 29.3 Å². The first-order valence-corrected chi connectivity index (χ1v) is 5.24. The molecule has 1 aliphatic rings. The van der Waals surface area contributed by atoms with Gasteiger partial charge in [0.05, 0.1) is 0 Å². The van der Waals surface area contributed by atoms with E-state index < -0.39 is 0 Å². The van der Waals surface area contributed by atoms with Crippen LogP contribution in [0.1, 0.15) is 11.1 Å². The molecule has 2 rings (SSSR count). The lowest BCUT2D eigenvalue weighted by Gasteiger charge is -2.04. The highest BCUT2D eigenvalue weighted by Gasteiger charge is 2.21. The van der Waals surface area contributed by atoms with E-state index in [2.05, 4.69) is 41.1 Å². The van der Waals surface area contributed by atoms with Crippen LogP contribution in [0.5, 0.6) is 5.75 Å². The van der Waals surface area contributed by atoms with Gasteiger partial charge in [-0.3, -0.25) is 0 Å². The molecule has 1 heterocycles. The fourth-order valence-corrected chi connectivity index (χ4v) is 1.90. The van der Waals surface area contributed by atoms with Crippen molar-refractivity contribution in [2.75, 3.05) is 5.33 Å². The van der Waals surface area contributed by atoms with E-state index in [1.807, 2.05) is 0 Å². The third kappa shape index (κ3) is 1.36. The molecule has 0 fully saturated rings. The van der Waals surface area contributed by atoms with Gasteiger partial charge in [0.2, 0.25) is 0 Å². The minimum Gasteiger partial charge on any atom is -0.489 e. The summed E-state index contributed by atoms with van der Waals surface area (Å²) >= 11 is 3.43. The fraction of sp³-hybridized carbons (Fsp3) is 0.400. The maximum atomic E-state index is 5.66. The van der Waals surface area contributed by atoms with E-state index in [1.165, 1.54) is 11.1 Å². The second-order valence-electron chi connectivity index (χ2n) is 3.21. The van der Waals surface area contributed by atoms with E-state index in [0.717, 1.165) is 17.5 Å². The number of ether oxygens (including phenoxy) is 1. The van der Waals surface area contributed by atoms with Crippen molar-refractivity contribution in [2.45, 2.75) is 19.4 Å². The number of halogens is 1. The van der Waals surface area contributed by atoms with Crippen molar-refractivity contribution in [3.63, 3.8) is 0 Å². The smallest absolute Gasteiger partial charge is 0.123 e. The van der Waals surface area contributed by atoms with Crippen LogP contribution in [0, 0.1) is 6.92 Å². The SMILES string of the molecule is Cc1ccc2c(c1)C[C@H](CBr)O2. The summed E-state index contributed by atoms with van der Waals surface area (Å²) in [5.41, 5.74) is 2.66. The summed E-state index contributed by atoms with van der Waals surface area (Å²) in [5.74, 6) is 1.06. The van der Waals surface area contributed by atoms with E-state index in [1.54, 1.807) is 0 Å². The summed E-state index contributed by atoms with van der Waals surface area (Å²) in [6, 6.07) is 6.36. The normalized spacial score (nSPS) is 20.3. The Hall–Kier alpha value is -0.500. The number of fused-ring (bicyclic) bond motifs is 1. The van der Waals surface area contributed by atoms with E-state index in [9.17, 15) is 0 Å². The van der Waals surface area contributed by atoms with Gasteiger partial charge in [0.1, 0.15) is 11.9 Å². The first kappa shape index (κ1) is 8.11. The zero-order valence-electron chi connectivity index (χ0n) is 7.01. The predicted octanol–water partition coefficient (Wildman–Crippen LogP) is 2.69. The predicted molar refractivity (Wildman–Crippen MR) is 53.1 cm³/mol. The van der Waals surface area contributed by atoms with Gasteiger partial charge in [0.15, 0.2) is 0 Å². The van der Waals surface area contributed by atoms with Gasteiger partial charge in [-0.25, -0.2) is 0 Å². The van der Waals surface area contributed by atoms with Crippen LogP contribution < -0.4 is 4.74 Å². The minimum atomic E-state index is 0.335. The summed E-state index contributed by atoms with van der Waals surface area (Å²) in [6.45, 7) is 2.11. The molecule has 0 saturated carbocycles. The van der Waals surface area contributed by atoms with Crippen LogP contribution >= 0.6 is 15.9 Å². The quantitative estimate of drug-likeness (QED) is 0.670. The Bertz CT molecular complexity index is 296. The maximum Gasteiger partial charge on any atom is 0.123 e. The van der Waals surface area contributed by atoms with Crippen LogP contribution in [-0.2, 0) is 6.42 Å². The lowest BCUT2D eigenvalue weighted by molar-refractivity contribution is 0.260.